The molecule has 4 amide bonds. The average molecular weight is 524 g/mol. The minimum atomic E-state index is -1.48. The van der Waals surface area contributed by atoms with Crippen molar-refractivity contribution in [2.24, 2.45) is 11.5 Å². The van der Waals surface area contributed by atoms with Gasteiger partial charge in [-0.2, -0.15) is 11.8 Å². The SMILES string of the molecule is CSCC[C@H](NC(=O)[C@H](CCC(N)=O)NC(=O)[C@@H](N)CC(=O)O)C(=O)N[C@@H](CC(=O)O)C(=O)S. The van der Waals surface area contributed by atoms with Crippen LogP contribution in [0.3, 0.4) is 0 Å². The van der Waals surface area contributed by atoms with Gasteiger partial charge in [-0.05, 0) is 24.9 Å². The Labute approximate surface area is 204 Å². The number of thiol groups is 1. The minimum absolute atomic E-state index is 0.0777. The van der Waals surface area contributed by atoms with Crippen molar-refractivity contribution in [1.82, 2.24) is 16.0 Å². The minimum Gasteiger partial charge on any atom is -0.481 e. The summed E-state index contributed by atoms with van der Waals surface area (Å²) in [5.74, 6) is -5.82. The molecular formula is C18H29N5O9S2. The standard InChI is InChI=1S/C18H29N5O9S2/c1-34-5-4-10(17(31)23-11(18(32)33)7-14(27)28)22-16(30)9(2-3-12(20)24)21-15(29)8(19)6-13(25)26/h8-11H,2-7,19H2,1H3,(H2,20,24)(H,21,29)(H,22,30)(H,23,31)(H,25,26)(H,27,28)(H,32,33)/t8-,9-,10-,11-/m0/s1. The van der Waals surface area contributed by atoms with E-state index in [-0.39, 0.29) is 19.3 Å². The number of carboxylic acids is 2. The molecule has 0 saturated carbocycles. The van der Waals surface area contributed by atoms with Crippen molar-refractivity contribution < 1.29 is 43.8 Å². The Kier molecular flexibility index (Phi) is 14.6. The summed E-state index contributed by atoms with van der Waals surface area (Å²) in [6, 6.07) is -5.54. The van der Waals surface area contributed by atoms with E-state index in [0.29, 0.717) is 5.75 Å². The van der Waals surface area contributed by atoms with Crippen molar-refractivity contribution in [2.45, 2.75) is 56.3 Å². The summed E-state index contributed by atoms with van der Waals surface area (Å²) >= 11 is 4.90. The number of carboxylic acid groups (broad SMARTS) is 2. The fourth-order valence-corrected chi connectivity index (χ4v) is 3.17. The van der Waals surface area contributed by atoms with Crippen LogP contribution >= 0.6 is 24.4 Å². The second-order valence-electron chi connectivity index (χ2n) is 7.11. The van der Waals surface area contributed by atoms with Crippen LogP contribution in [0, 0.1) is 0 Å². The first kappa shape index (κ1) is 31.1. The highest BCUT2D eigenvalue weighted by molar-refractivity contribution is 7.98. The summed E-state index contributed by atoms with van der Waals surface area (Å²) in [6.45, 7) is 0. The van der Waals surface area contributed by atoms with Crippen LogP contribution in [0.25, 0.3) is 0 Å². The number of amides is 4. The maximum absolute atomic E-state index is 12.8. The van der Waals surface area contributed by atoms with Crippen LogP contribution in [0.4, 0.5) is 0 Å². The number of hydrogen-bond acceptors (Lipinski definition) is 9. The van der Waals surface area contributed by atoms with Gasteiger partial charge in [-0.25, -0.2) is 0 Å². The van der Waals surface area contributed by atoms with Crippen molar-refractivity contribution in [3.8, 4) is 0 Å². The van der Waals surface area contributed by atoms with Crippen LogP contribution in [0.1, 0.15) is 32.1 Å². The molecule has 4 atom stereocenters. The van der Waals surface area contributed by atoms with Crippen molar-refractivity contribution in [1.29, 1.82) is 0 Å². The van der Waals surface area contributed by atoms with Crippen molar-refractivity contribution >= 4 is 65.1 Å². The number of aliphatic carboxylic acids is 2. The number of thioether (sulfide) groups is 1. The highest BCUT2D eigenvalue weighted by atomic mass is 32.2. The van der Waals surface area contributed by atoms with Gasteiger partial charge < -0.3 is 37.6 Å². The van der Waals surface area contributed by atoms with Crippen molar-refractivity contribution in [2.75, 3.05) is 12.0 Å². The average Bonchev–Trinajstić information content (AvgIpc) is 2.71. The van der Waals surface area contributed by atoms with E-state index in [9.17, 15) is 33.6 Å². The number of nitrogens with two attached hydrogens (primary N) is 2. The number of carbonyl (C=O) groups is 7. The molecule has 0 aliphatic heterocycles. The Bertz CT molecular complexity index is 796. The molecule has 16 heteroatoms. The third-order valence-electron chi connectivity index (χ3n) is 4.28. The fourth-order valence-electron chi connectivity index (χ4n) is 2.54. The van der Waals surface area contributed by atoms with Gasteiger partial charge >= 0.3 is 11.9 Å². The monoisotopic (exact) mass is 523 g/mol. The lowest BCUT2D eigenvalue weighted by atomic mass is 10.1. The molecule has 0 aliphatic rings. The van der Waals surface area contributed by atoms with E-state index in [2.05, 4.69) is 28.6 Å². The molecule has 34 heavy (non-hydrogen) atoms. The molecule has 9 N–H and O–H groups in total. The predicted molar refractivity (Wildman–Crippen MR) is 124 cm³/mol. The van der Waals surface area contributed by atoms with Gasteiger partial charge in [-0.15, -0.1) is 12.6 Å². The lowest BCUT2D eigenvalue weighted by molar-refractivity contribution is -0.140. The van der Waals surface area contributed by atoms with E-state index in [1.54, 1.807) is 6.26 Å². The van der Waals surface area contributed by atoms with Crippen LogP contribution in [0.5, 0.6) is 0 Å². The zero-order valence-electron chi connectivity index (χ0n) is 18.3. The van der Waals surface area contributed by atoms with E-state index in [0.717, 1.165) is 0 Å². The van der Waals surface area contributed by atoms with Gasteiger partial charge in [-0.1, -0.05) is 0 Å². The Morgan fingerprint density at radius 1 is 0.824 bits per heavy atom. The molecule has 0 radical (unpaired) electrons. The maximum atomic E-state index is 12.8. The molecule has 0 aliphatic carbocycles. The van der Waals surface area contributed by atoms with Gasteiger partial charge in [0.05, 0.1) is 18.9 Å². The third kappa shape index (κ3) is 13.0. The maximum Gasteiger partial charge on any atom is 0.305 e. The lowest BCUT2D eigenvalue weighted by Crippen LogP contribution is -2.57. The van der Waals surface area contributed by atoms with Crippen LogP contribution < -0.4 is 27.4 Å². The summed E-state index contributed by atoms with van der Waals surface area (Å²) in [7, 11) is 0. The van der Waals surface area contributed by atoms with E-state index in [1.165, 1.54) is 11.8 Å². The van der Waals surface area contributed by atoms with E-state index in [1.807, 2.05) is 0 Å². The molecule has 0 rings (SSSR count). The second kappa shape index (κ2) is 15.9. The second-order valence-corrected chi connectivity index (χ2v) is 8.54. The Morgan fingerprint density at radius 2 is 1.29 bits per heavy atom. The van der Waals surface area contributed by atoms with E-state index in [4.69, 9.17) is 21.7 Å². The zero-order chi connectivity index (χ0) is 26.4. The third-order valence-corrected chi connectivity index (χ3v) is 5.24. The number of primary amides is 1. The Morgan fingerprint density at radius 3 is 1.74 bits per heavy atom. The first-order valence-corrected chi connectivity index (χ1v) is 11.7. The lowest BCUT2D eigenvalue weighted by Gasteiger charge is -2.25. The molecule has 0 aromatic heterocycles. The molecule has 0 aromatic carbocycles. The molecule has 0 heterocycles. The first-order chi connectivity index (χ1) is 15.8. The molecular weight excluding hydrogens is 494 g/mol. The van der Waals surface area contributed by atoms with Gasteiger partial charge in [-0.3, -0.25) is 33.6 Å². The fraction of sp³-hybridized carbons (Fsp3) is 0.611. The predicted octanol–water partition coefficient (Wildman–Crippen LogP) is -2.81. The molecule has 0 aromatic rings. The summed E-state index contributed by atoms with van der Waals surface area (Å²) in [6.07, 6.45) is -0.202. The number of rotatable bonds is 17. The molecule has 0 saturated heterocycles. The van der Waals surface area contributed by atoms with Crippen LogP contribution in [-0.4, -0.2) is 87.1 Å². The van der Waals surface area contributed by atoms with Crippen LogP contribution in [-0.2, 0) is 33.6 Å². The summed E-state index contributed by atoms with van der Waals surface area (Å²) in [5.41, 5.74) is 10.6. The molecule has 0 bridgehead atoms. The highest BCUT2D eigenvalue weighted by Gasteiger charge is 2.30. The smallest absolute Gasteiger partial charge is 0.305 e. The van der Waals surface area contributed by atoms with Crippen LogP contribution in [0.15, 0.2) is 0 Å². The zero-order valence-corrected chi connectivity index (χ0v) is 20.0. The Hall–Kier alpha value is -2.85. The largest absolute Gasteiger partial charge is 0.481 e. The molecule has 0 unspecified atom stereocenters. The highest BCUT2D eigenvalue weighted by Crippen LogP contribution is 2.06. The molecule has 0 fully saturated rings. The summed E-state index contributed by atoms with van der Waals surface area (Å²) in [5, 5.41) is 23.6. The van der Waals surface area contributed by atoms with E-state index >= 15 is 0 Å². The number of carbonyl (C=O) groups excluding carboxylic acids is 5. The molecule has 14 nitrogen and oxygen atoms in total. The first-order valence-electron chi connectivity index (χ1n) is 9.88. The summed E-state index contributed by atoms with van der Waals surface area (Å²) < 4.78 is 0. The van der Waals surface area contributed by atoms with E-state index < -0.39 is 77.7 Å². The molecule has 0 spiro atoms. The molecule has 192 valence electrons. The van der Waals surface area contributed by atoms with Gasteiger partial charge in [0.1, 0.15) is 18.1 Å². The van der Waals surface area contributed by atoms with Gasteiger partial charge in [0, 0.05) is 6.42 Å². The van der Waals surface area contributed by atoms with Gasteiger partial charge in [0.2, 0.25) is 28.7 Å². The van der Waals surface area contributed by atoms with Gasteiger partial charge in [0.25, 0.3) is 0 Å². The number of hydrogen-bond donors (Lipinski definition) is 8. The normalized spacial score (nSPS) is 14.1. The topological polar surface area (TPSA) is 248 Å². The number of nitrogens with one attached hydrogen (secondary N) is 3. The quantitative estimate of drug-likeness (QED) is 0.0904. The Balaban J connectivity index is 5.55. The van der Waals surface area contributed by atoms with Crippen molar-refractivity contribution in [3.63, 3.8) is 0 Å². The van der Waals surface area contributed by atoms with Crippen molar-refractivity contribution in [3.05, 3.63) is 0 Å². The van der Waals surface area contributed by atoms with Gasteiger partial charge in [0.15, 0.2) is 0 Å². The van der Waals surface area contributed by atoms with Crippen LogP contribution in [0.2, 0.25) is 0 Å². The summed E-state index contributed by atoms with van der Waals surface area (Å²) in [4.78, 5) is 82.0.